The molecule has 1 fully saturated rings. The molecule has 1 rings (SSSR count). The lowest BCUT2D eigenvalue weighted by atomic mass is 10.0. The minimum absolute atomic E-state index is 0.271. The number of carbonyl (C=O) groups excluding carboxylic acids is 1. The van der Waals surface area contributed by atoms with Crippen molar-refractivity contribution in [3.8, 4) is 0 Å². The largest absolute Gasteiger partial charge is 0.381 e. The fraction of sp³-hybridized carbons (Fsp3) is 0.857. The molecule has 1 saturated heterocycles. The van der Waals surface area contributed by atoms with Crippen LogP contribution in [0.2, 0.25) is 0 Å². The van der Waals surface area contributed by atoms with E-state index in [1.165, 1.54) is 0 Å². The summed E-state index contributed by atoms with van der Waals surface area (Å²) in [4.78, 5) is 10.3. The van der Waals surface area contributed by atoms with E-state index in [-0.39, 0.29) is 5.92 Å². The second-order valence-corrected chi connectivity index (χ2v) is 2.44. The average Bonchev–Trinajstić information content (AvgIpc) is 2.13. The van der Waals surface area contributed by atoms with Crippen molar-refractivity contribution in [2.75, 3.05) is 13.2 Å². The molecule has 1 aliphatic rings. The maximum Gasteiger partial charge on any atom is 0.123 e. The van der Waals surface area contributed by atoms with E-state index in [4.69, 9.17) is 4.74 Å². The van der Waals surface area contributed by atoms with Gasteiger partial charge < -0.3 is 9.53 Å². The molecule has 0 amide bonds. The van der Waals surface area contributed by atoms with Crippen LogP contribution in [0.4, 0.5) is 0 Å². The standard InChI is InChI=1S/C7H12O2/c8-6-7-2-1-4-9-5-3-7/h6-7H,1-5H2/t7-/m0/s1. The van der Waals surface area contributed by atoms with E-state index in [0.717, 1.165) is 38.8 Å². The first kappa shape index (κ1) is 6.75. The Kier molecular flexibility index (Phi) is 2.71. The summed E-state index contributed by atoms with van der Waals surface area (Å²) in [6.07, 6.45) is 4.03. The molecule has 2 heteroatoms. The number of hydrogen-bond acceptors (Lipinski definition) is 2. The lowest BCUT2D eigenvalue weighted by Crippen LogP contribution is -2.01. The maximum absolute atomic E-state index is 10.3. The van der Waals surface area contributed by atoms with Crippen LogP contribution in [0.5, 0.6) is 0 Å². The van der Waals surface area contributed by atoms with Gasteiger partial charge in [0.25, 0.3) is 0 Å². The molecule has 0 bridgehead atoms. The Bertz CT molecular complexity index is 82.9. The van der Waals surface area contributed by atoms with Crippen molar-refractivity contribution in [1.82, 2.24) is 0 Å². The van der Waals surface area contributed by atoms with Gasteiger partial charge in [-0.05, 0) is 19.3 Å². The summed E-state index contributed by atoms with van der Waals surface area (Å²) in [5.41, 5.74) is 0. The highest BCUT2D eigenvalue weighted by Crippen LogP contribution is 2.12. The Morgan fingerprint density at radius 1 is 1.33 bits per heavy atom. The Morgan fingerprint density at radius 3 is 3.00 bits per heavy atom. The van der Waals surface area contributed by atoms with Crippen LogP contribution in [0.1, 0.15) is 19.3 Å². The van der Waals surface area contributed by atoms with Gasteiger partial charge >= 0.3 is 0 Å². The van der Waals surface area contributed by atoms with Gasteiger partial charge in [-0.2, -0.15) is 0 Å². The topological polar surface area (TPSA) is 26.3 Å². The molecule has 0 aromatic heterocycles. The van der Waals surface area contributed by atoms with Crippen LogP contribution < -0.4 is 0 Å². The zero-order valence-electron chi connectivity index (χ0n) is 5.51. The molecule has 9 heavy (non-hydrogen) atoms. The number of ether oxygens (including phenoxy) is 1. The van der Waals surface area contributed by atoms with Crippen LogP contribution in [0.25, 0.3) is 0 Å². The van der Waals surface area contributed by atoms with Crippen molar-refractivity contribution in [2.24, 2.45) is 5.92 Å². The molecular formula is C7H12O2. The summed E-state index contributed by atoms with van der Waals surface area (Å²) in [5.74, 6) is 0.271. The normalized spacial score (nSPS) is 29.1. The summed E-state index contributed by atoms with van der Waals surface area (Å²) in [7, 11) is 0. The van der Waals surface area contributed by atoms with Crippen LogP contribution in [0, 0.1) is 5.92 Å². The molecule has 1 heterocycles. The van der Waals surface area contributed by atoms with Crippen molar-refractivity contribution in [3.63, 3.8) is 0 Å². The van der Waals surface area contributed by atoms with Gasteiger partial charge in [-0.3, -0.25) is 0 Å². The fourth-order valence-electron chi connectivity index (χ4n) is 1.06. The second kappa shape index (κ2) is 3.62. The summed E-state index contributed by atoms with van der Waals surface area (Å²) in [5, 5.41) is 0. The maximum atomic E-state index is 10.3. The molecule has 2 nitrogen and oxygen atoms in total. The Morgan fingerprint density at radius 2 is 2.22 bits per heavy atom. The summed E-state index contributed by atoms with van der Waals surface area (Å²) in [6, 6.07) is 0. The van der Waals surface area contributed by atoms with Gasteiger partial charge in [0, 0.05) is 19.1 Å². The van der Waals surface area contributed by atoms with Gasteiger partial charge in [0.05, 0.1) is 0 Å². The molecule has 0 N–H and O–H groups in total. The van der Waals surface area contributed by atoms with Crippen LogP contribution in [-0.2, 0) is 9.53 Å². The fourth-order valence-corrected chi connectivity index (χ4v) is 1.06. The Balaban J connectivity index is 2.26. The van der Waals surface area contributed by atoms with E-state index in [1.54, 1.807) is 0 Å². The monoisotopic (exact) mass is 128 g/mol. The van der Waals surface area contributed by atoms with E-state index in [2.05, 4.69) is 0 Å². The lowest BCUT2D eigenvalue weighted by Gasteiger charge is -2.00. The summed E-state index contributed by atoms with van der Waals surface area (Å²) < 4.78 is 5.17. The molecule has 0 saturated carbocycles. The molecule has 0 aromatic rings. The van der Waals surface area contributed by atoms with Crippen LogP contribution >= 0.6 is 0 Å². The van der Waals surface area contributed by atoms with Crippen LogP contribution in [0.3, 0.4) is 0 Å². The highest BCUT2D eigenvalue weighted by molar-refractivity contribution is 5.53. The minimum atomic E-state index is 0.271. The third kappa shape index (κ3) is 2.14. The lowest BCUT2D eigenvalue weighted by molar-refractivity contribution is -0.111. The second-order valence-electron chi connectivity index (χ2n) is 2.44. The van der Waals surface area contributed by atoms with E-state index in [0.29, 0.717) is 0 Å². The molecule has 0 unspecified atom stereocenters. The van der Waals surface area contributed by atoms with Gasteiger partial charge in [0.1, 0.15) is 6.29 Å². The third-order valence-electron chi connectivity index (χ3n) is 1.69. The zero-order valence-corrected chi connectivity index (χ0v) is 5.51. The Hall–Kier alpha value is -0.370. The van der Waals surface area contributed by atoms with Crippen molar-refractivity contribution in [2.45, 2.75) is 19.3 Å². The molecule has 0 spiro atoms. The molecule has 1 aliphatic heterocycles. The van der Waals surface area contributed by atoms with Crippen molar-refractivity contribution < 1.29 is 9.53 Å². The summed E-state index contributed by atoms with van der Waals surface area (Å²) in [6.45, 7) is 1.60. The van der Waals surface area contributed by atoms with Crippen LogP contribution in [0.15, 0.2) is 0 Å². The third-order valence-corrected chi connectivity index (χ3v) is 1.69. The van der Waals surface area contributed by atoms with E-state index >= 15 is 0 Å². The highest BCUT2D eigenvalue weighted by Gasteiger charge is 2.09. The molecule has 0 radical (unpaired) electrons. The quantitative estimate of drug-likeness (QED) is 0.492. The van der Waals surface area contributed by atoms with Crippen molar-refractivity contribution in [3.05, 3.63) is 0 Å². The summed E-state index contributed by atoms with van der Waals surface area (Å²) >= 11 is 0. The van der Waals surface area contributed by atoms with Crippen molar-refractivity contribution in [1.29, 1.82) is 0 Å². The predicted octanol–water partition coefficient (Wildman–Crippen LogP) is 1.00. The highest BCUT2D eigenvalue weighted by atomic mass is 16.5. The molecular weight excluding hydrogens is 116 g/mol. The first-order valence-electron chi connectivity index (χ1n) is 3.46. The minimum Gasteiger partial charge on any atom is -0.381 e. The first-order valence-corrected chi connectivity index (χ1v) is 3.46. The number of aldehydes is 1. The van der Waals surface area contributed by atoms with Gasteiger partial charge in [0.15, 0.2) is 0 Å². The average molecular weight is 128 g/mol. The molecule has 52 valence electrons. The molecule has 0 aliphatic carbocycles. The predicted molar refractivity (Wildman–Crippen MR) is 34.2 cm³/mol. The zero-order chi connectivity index (χ0) is 6.53. The Labute approximate surface area is 55.2 Å². The van der Waals surface area contributed by atoms with Crippen molar-refractivity contribution >= 4 is 6.29 Å². The number of rotatable bonds is 1. The van der Waals surface area contributed by atoms with E-state index in [9.17, 15) is 4.79 Å². The number of carbonyl (C=O) groups is 1. The van der Waals surface area contributed by atoms with E-state index < -0.39 is 0 Å². The SMILES string of the molecule is O=C[C@H]1CCCOCC1. The van der Waals surface area contributed by atoms with E-state index in [1.807, 2.05) is 0 Å². The molecule has 0 aromatic carbocycles. The van der Waals surface area contributed by atoms with Gasteiger partial charge in [0.2, 0.25) is 0 Å². The van der Waals surface area contributed by atoms with Gasteiger partial charge in [-0.15, -0.1) is 0 Å². The smallest absolute Gasteiger partial charge is 0.123 e. The first-order chi connectivity index (χ1) is 4.43. The van der Waals surface area contributed by atoms with Crippen LogP contribution in [-0.4, -0.2) is 19.5 Å². The van der Waals surface area contributed by atoms with Gasteiger partial charge in [-0.25, -0.2) is 0 Å². The van der Waals surface area contributed by atoms with Gasteiger partial charge in [-0.1, -0.05) is 0 Å². The molecule has 1 atom stereocenters. The number of hydrogen-bond donors (Lipinski definition) is 0.